The van der Waals surface area contributed by atoms with Gasteiger partial charge in [-0.1, -0.05) is 0 Å². The molecule has 0 saturated carbocycles. The second kappa shape index (κ2) is 10.0. The van der Waals surface area contributed by atoms with Crippen molar-refractivity contribution in [2.24, 2.45) is 0 Å². The Labute approximate surface area is 187 Å². The Balaban J connectivity index is 1.33. The number of piperazine rings is 1. The maximum atomic E-state index is 13.1. The van der Waals surface area contributed by atoms with Gasteiger partial charge in [0.2, 0.25) is 5.91 Å². The third-order valence-corrected chi connectivity index (χ3v) is 6.07. The van der Waals surface area contributed by atoms with E-state index in [2.05, 4.69) is 14.8 Å². The van der Waals surface area contributed by atoms with Crippen LogP contribution < -0.4 is 4.90 Å². The molecule has 32 heavy (non-hydrogen) atoms. The van der Waals surface area contributed by atoms with Crippen LogP contribution in [0.2, 0.25) is 0 Å². The van der Waals surface area contributed by atoms with E-state index in [1.165, 1.54) is 10.5 Å². The first kappa shape index (κ1) is 22.1. The van der Waals surface area contributed by atoms with Gasteiger partial charge in [-0.25, -0.2) is 9.69 Å². The van der Waals surface area contributed by atoms with E-state index < -0.39 is 12.0 Å². The van der Waals surface area contributed by atoms with Gasteiger partial charge in [-0.15, -0.1) is 0 Å². The molecule has 3 heterocycles. The van der Waals surface area contributed by atoms with Crippen molar-refractivity contribution in [3.63, 3.8) is 0 Å². The standard InChI is InChI=1S/C24H28N4O4/c1-2-32-24(31)19-3-5-20(6-4-19)28-22(29)17-21(23(28)30)27-15-13-26(14-16-27)12-9-18-7-10-25-11-8-18/h3-8,10-11,21H,2,9,12-17H2,1H3/t21-/m1/s1. The Morgan fingerprint density at radius 1 is 1.03 bits per heavy atom. The number of carbonyl (C=O) groups excluding carboxylic acids is 3. The first-order valence-corrected chi connectivity index (χ1v) is 11.1. The highest BCUT2D eigenvalue weighted by molar-refractivity contribution is 6.22. The number of nitrogens with zero attached hydrogens (tertiary/aromatic N) is 4. The Kier molecular flexibility index (Phi) is 6.92. The predicted molar refractivity (Wildman–Crippen MR) is 119 cm³/mol. The summed E-state index contributed by atoms with van der Waals surface area (Å²) in [6.45, 7) is 6.27. The highest BCUT2D eigenvalue weighted by Crippen LogP contribution is 2.27. The molecule has 2 aromatic rings. The number of rotatable bonds is 7. The van der Waals surface area contributed by atoms with Gasteiger partial charge in [0.05, 0.1) is 30.3 Å². The van der Waals surface area contributed by atoms with Crippen LogP contribution in [-0.2, 0) is 20.7 Å². The number of ether oxygens (including phenoxy) is 1. The predicted octanol–water partition coefficient (Wildman–Crippen LogP) is 1.75. The minimum Gasteiger partial charge on any atom is -0.462 e. The molecule has 168 valence electrons. The van der Waals surface area contributed by atoms with Crippen molar-refractivity contribution in [3.05, 3.63) is 59.9 Å². The molecule has 2 amide bonds. The summed E-state index contributed by atoms with van der Waals surface area (Å²) in [6, 6.07) is 10.1. The van der Waals surface area contributed by atoms with Gasteiger partial charge in [0, 0.05) is 45.1 Å². The second-order valence-electron chi connectivity index (χ2n) is 8.04. The summed E-state index contributed by atoms with van der Waals surface area (Å²) >= 11 is 0. The monoisotopic (exact) mass is 436 g/mol. The van der Waals surface area contributed by atoms with Crippen molar-refractivity contribution >= 4 is 23.5 Å². The summed E-state index contributed by atoms with van der Waals surface area (Å²) in [5.41, 5.74) is 2.16. The number of carbonyl (C=O) groups is 3. The summed E-state index contributed by atoms with van der Waals surface area (Å²) in [4.78, 5) is 47.4. The number of hydrogen-bond acceptors (Lipinski definition) is 7. The van der Waals surface area contributed by atoms with E-state index in [1.807, 2.05) is 24.5 Å². The van der Waals surface area contributed by atoms with Crippen LogP contribution in [0.25, 0.3) is 0 Å². The van der Waals surface area contributed by atoms with Crippen molar-refractivity contribution in [1.82, 2.24) is 14.8 Å². The van der Waals surface area contributed by atoms with Crippen LogP contribution in [0.1, 0.15) is 29.3 Å². The zero-order valence-electron chi connectivity index (χ0n) is 18.3. The maximum Gasteiger partial charge on any atom is 0.338 e. The first-order valence-electron chi connectivity index (χ1n) is 11.1. The molecule has 1 aromatic carbocycles. The van der Waals surface area contributed by atoms with Gasteiger partial charge >= 0.3 is 5.97 Å². The largest absolute Gasteiger partial charge is 0.462 e. The molecule has 1 atom stereocenters. The number of pyridine rings is 1. The molecule has 0 spiro atoms. The fourth-order valence-corrected chi connectivity index (χ4v) is 4.27. The van der Waals surface area contributed by atoms with Gasteiger partial charge in [0.1, 0.15) is 0 Å². The number of hydrogen-bond donors (Lipinski definition) is 0. The van der Waals surface area contributed by atoms with Crippen molar-refractivity contribution < 1.29 is 19.1 Å². The van der Waals surface area contributed by atoms with Gasteiger partial charge in [-0.2, -0.15) is 0 Å². The van der Waals surface area contributed by atoms with Crippen molar-refractivity contribution in [2.45, 2.75) is 25.8 Å². The summed E-state index contributed by atoms with van der Waals surface area (Å²) < 4.78 is 4.98. The molecule has 8 nitrogen and oxygen atoms in total. The third kappa shape index (κ3) is 4.87. The normalized spacial score (nSPS) is 20.0. The Bertz CT molecular complexity index is 956. The lowest BCUT2D eigenvalue weighted by Crippen LogP contribution is -2.52. The SMILES string of the molecule is CCOC(=O)c1ccc(N2C(=O)C[C@@H](N3CCN(CCc4ccncc4)CC3)C2=O)cc1. The number of imide groups is 1. The average Bonchev–Trinajstić information content (AvgIpc) is 3.12. The fraction of sp³-hybridized carbons (Fsp3) is 0.417. The van der Waals surface area contributed by atoms with Crippen LogP contribution in [-0.4, -0.2) is 77.9 Å². The van der Waals surface area contributed by atoms with E-state index in [-0.39, 0.29) is 18.2 Å². The lowest BCUT2D eigenvalue weighted by atomic mass is 10.1. The summed E-state index contributed by atoms with van der Waals surface area (Å²) in [6.07, 6.45) is 4.78. The molecule has 1 aromatic heterocycles. The Hall–Kier alpha value is -3.10. The van der Waals surface area contributed by atoms with E-state index in [4.69, 9.17) is 4.74 Å². The maximum absolute atomic E-state index is 13.1. The smallest absolute Gasteiger partial charge is 0.338 e. The van der Waals surface area contributed by atoms with Gasteiger partial charge in [0.15, 0.2) is 0 Å². The zero-order valence-corrected chi connectivity index (χ0v) is 18.3. The lowest BCUT2D eigenvalue weighted by molar-refractivity contribution is -0.123. The quantitative estimate of drug-likeness (QED) is 0.483. The molecular formula is C24H28N4O4. The van der Waals surface area contributed by atoms with Crippen molar-refractivity contribution in [2.75, 3.05) is 44.2 Å². The summed E-state index contributed by atoms with van der Waals surface area (Å²) in [5.74, 6) is -0.814. The van der Waals surface area contributed by atoms with E-state index in [9.17, 15) is 14.4 Å². The number of esters is 1. The number of aromatic nitrogens is 1. The third-order valence-electron chi connectivity index (χ3n) is 6.07. The van der Waals surface area contributed by atoms with E-state index >= 15 is 0 Å². The molecule has 4 rings (SSSR count). The number of benzene rings is 1. The molecule has 2 aliphatic heterocycles. The van der Waals surface area contributed by atoms with Crippen LogP contribution in [0.4, 0.5) is 5.69 Å². The molecule has 2 fully saturated rings. The van der Waals surface area contributed by atoms with E-state index in [0.717, 1.165) is 39.1 Å². The molecule has 0 radical (unpaired) electrons. The Morgan fingerprint density at radius 2 is 1.72 bits per heavy atom. The lowest BCUT2D eigenvalue weighted by Gasteiger charge is -2.37. The highest BCUT2D eigenvalue weighted by Gasteiger charge is 2.43. The van der Waals surface area contributed by atoms with Gasteiger partial charge < -0.3 is 9.64 Å². The number of amides is 2. The topological polar surface area (TPSA) is 83.1 Å². The van der Waals surface area contributed by atoms with Gasteiger partial charge in [0.25, 0.3) is 5.91 Å². The minimum atomic E-state index is -0.422. The van der Waals surface area contributed by atoms with Crippen molar-refractivity contribution in [1.29, 1.82) is 0 Å². The second-order valence-corrected chi connectivity index (χ2v) is 8.04. The molecule has 2 saturated heterocycles. The molecule has 2 aliphatic rings. The van der Waals surface area contributed by atoms with E-state index in [0.29, 0.717) is 17.9 Å². The zero-order chi connectivity index (χ0) is 22.5. The minimum absolute atomic E-state index is 0.190. The molecular weight excluding hydrogens is 408 g/mol. The molecule has 0 N–H and O–H groups in total. The number of anilines is 1. The summed E-state index contributed by atoms with van der Waals surface area (Å²) in [7, 11) is 0. The summed E-state index contributed by atoms with van der Waals surface area (Å²) in [5, 5.41) is 0. The fourth-order valence-electron chi connectivity index (χ4n) is 4.27. The Morgan fingerprint density at radius 3 is 2.38 bits per heavy atom. The molecule has 0 aliphatic carbocycles. The van der Waals surface area contributed by atoms with Gasteiger partial charge in [-0.05, 0) is 55.3 Å². The van der Waals surface area contributed by atoms with E-state index in [1.54, 1.807) is 31.2 Å². The van der Waals surface area contributed by atoms with Crippen LogP contribution in [0.15, 0.2) is 48.8 Å². The first-order chi connectivity index (χ1) is 15.6. The van der Waals surface area contributed by atoms with Crippen LogP contribution in [0.5, 0.6) is 0 Å². The molecule has 8 heteroatoms. The van der Waals surface area contributed by atoms with Gasteiger partial charge in [-0.3, -0.25) is 19.5 Å². The van der Waals surface area contributed by atoms with Crippen LogP contribution in [0.3, 0.4) is 0 Å². The molecule has 0 unspecified atom stereocenters. The average molecular weight is 437 g/mol. The van der Waals surface area contributed by atoms with Crippen LogP contribution >= 0.6 is 0 Å². The molecule has 0 bridgehead atoms. The van der Waals surface area contributed by atoms with Crippen LogP contribution in [0, 0.1) is 0 Å². The van der Waals surface area contributed by atoms with Crippen molar-refractivity contribution in [3.8, 4) is 0 Å². The highest BCUT2D eigenvalue weighted by atomic mass is 16.5.